The van der Waals surface area contributed by atoms with E-state index in [2.05, 4.69) is 25.1 Å². The molecular weight excluding hydrogens is 501 g/mol. The average Bonchev–Trinajstić information content (AvgIpc) is 3.19. The quantitative estimate of drug-likeness (QED) is 0.236. The maximum atomic E-state index is 14.0. The highest BCUT2D eigenvalue weighted by Gasteiger charge is 2.39. The number of esters is 2. The van der Waals surface area contributed by atoms with Gasteiger partial charge in [0.2, 0.25) is 7.44 Å². The monoisotopic (exact) mass is 541 g/mol. The lowest BCUT2D eigenvalue weighted by Gasteiger charge is -2.32. The van der Waals surface area contributed by atoms with Crippen LogP contribution in [0, 0.1) is 5.92 Å². The van der Waals surface area contributed by atoms with Crippen LogP contribution >= 0.6 is 7.44 Å². The van der Waals surface area contributed by atoms with Crippen LogP contribution in [0.5, 0.6) is 0 Å². The van der Waals surface area contributed by atoms with E-state index in [9.17, 15) is 14.2 Å². The summed E-state index contributed by atoms with van der Waals surface area (Å²) in [5.41, 5.74) is 5.53. The van der Waals surface area contributed by atoms with Gasteiger partial charge < -0.3 is 24.5 Å². The Balaban J connectivity index is 2.17. The molecule has 4 N–H and O–H groups in total. The van der Waals surface area contributed by atoms with E-state index >= 15 is 0 Å². The minimum absolute atomic E-state index is 0.148. The minimum atomic E-state index is -3.69. The second kappa shape index (κ2) is 12.8. The summed E-state index contributed by atoms with van der Waals surface area (Å²) in [6.45, 7) is 14.3. The van der Waals surface area contributed by atoms with Gasteiger partial charge in [-0.3, -0.25) is 14.2 Å². The van der Waals surface area contributed by atoms with E-state index in [1.54, 1.807) is 52.4 Å². The maximum absolute atomic E-state index is 14.0. The van der Waals surface area contributed by atoms with Crippen molar-refractivity contribution in [2.24, 2.45) is 5.92 Å². The van der Waals surface area contributed by atoms with Crippen molar-refractivity contribution in [3.8, 4) is 0 Å². The van der Waals surface area contributed by atoms with Crippen molar-refractivity contribution >= 4 is 36.4 Å². The molecule has 0 bridgehead atoms. The third kappa shape index (κ3) is 9.03. The molecule has 37 heavy (non-hydrogen) atoms. The van der Waals surface area contributed by atoms with Crippen molar-refractivity contribution in [3.05, 3.63) is 12.7 Å². The van der Waals surface area contributed by atoms with E-state index in [0.717, 1.165) is 0 Å². The normalized spacial score (nSPS) is 15.5. The lowest BCUT2D eigenvalue weighted by molar-refractivity contribution is -0.153. The Morgan fingerprint density at radius 1 is 1.14 bits per heavy atom. The lowest BCUT2D eigenvalue weighted by atomic mass is 10.1. The van der Waals surface area contributed by atoms with Crippen molar-refractivity contribution in [1.29, 1.82) is 0 Å². The van der Waals surface area contributed by atoms with Gasteiger partial charge in [0.25, 0.3) is 0 Å². The molecule has 13 nitrogen and oxygen atoms in total. The fraction of sp³-hybridized carbons (Fsp3) is 0.696. The fourth-order valence-electron chi connectivity index (χ4n) is 3.29. The molecule has 0 aliphatic carbocycles. The van der Waals surface area contributed by atoms with E-state index in [1.165, 1.54) is 6.33 Å². The number of hydrogen-bond donors (Lipinski definition) is 3. The molecule has 2 heterocycles. The molecule has 0 aliphatic heterocycles. The lowest BCUT2D eigenvalue weighted by Crippen LogP contribution is -2.51. The van der Waals surface area contributed by atoms with Crippen LogP contribution in [0.15, 0.2) is 12.7 Å². The van der Waals surface area contributed by atoms with Crippen LogP contribution in [0.3, 0.4) is 0 Å². The fourth-order valence-corrected chi connectivity index (χ4v) is 5.69. The molecule has 14 heteroatoms. The Morgan fingerprint density at radius 3 is 2.43 bits per heavy atom. The molecule has 0 amide bonds. The van der Waals surface area contributed by atoms with Crippen LogP contribution in [0.1, 0.15) is 55.4 Å². The van der Waals surface area contributed by atoms with Gasteiger partial charge in [0.1, 0.15) is 29.8 Å². The van der Waals surface area contributed by atoms with Gasteiger partial charge in [0.15, 0.2) is 11.5 Å². The van der Waals surface area contributed by atoms with Crippen molar-refractivity contribution in [1.82, 2.24) is 29.7 Å². The topological polar surface area (TPSA) is 173 Å². The predicted octanol–water partition coefficient (Wildman–Crippen LogP) is 2.46. The zero-order valence-corrected chi connectivity index (χ0v) is 23.7. The summed E-state index contributed by atoms with van der Waals surface area (Å²) >= 11 is 0. The molecule has 0 aliphatic rings. The summed E-state index contributed by atoms with van der Waals surface area (Å²) in [5.74, 6) is -0.734. The molecule has 2 rings (SSSR count). The van der Waals surface area contributed by atoms with Gasteiger partial charge in [0.05, 0.1) is 31.7 Å². The number of anilines is 1. The first-order valence-electron chi connectivity index (χ1n) is 12.2. The van der Waals surface area contributed by atoms with E-state index < -0.39 is 37.1 Å². The maximum Gasteiger partial charge on any atom is 0.326 e. The molecular formula is C23H40N7O6P. The van der Waals surface area contributed by atoms with Crippen molar-refractivity contribution < 1.29 is 28.4 Å². The molecule has 2 aromatic heterocycles. The summed E-state index contributed by atoms with van der Waals surface area (Å²) in [6, 6.07) is -0.926. The van der Waals surface area contributed by atoms with E-state index in [0.29, 0.717) is 17.7 Å². The Kier molecular flexibility index (Phi) is 10.6. The first kappa shape index (κ1) is 30.6. The number of rotatable bonds is 14. The molecule has 0 radical (unpaired) electrons. The van der Waals surface area contributed by atoms with Gasteiger partial charge in [-0.1, -0.05) is 13.8 Å². The van der Waals surface area contributed by atoms with Crippen LogP contribution in [-0.2, 0) is 34.9 Å². The van der Waals surface area contributed by atoms with Crippen LogP contribution in [-0.4, -0.2) is 68.2 Å². The predicted molar refractivity (Wildman–Crippen MR) is 140 cm³/mol. The van der Waals surface area contributed by atoms with Crippen molar-refractivity contribution in [3.63, 3.8) is 0 Å². The second-order valence-electron chi connectivity index (χ2n) is 10.2. The first-order valence-corrected chi connectivity index (χ1v) is 14.1. The molecule has 0 saturated carbocycles. The molecule has 1 unspecified atom stereocenters. The SMILES string of the molecule is CC(C)COC(=O)[C@@H](C)NP(=O)(CO[C@H](C)Cn1cnc2c(N)ncnc21)NC(C)(C)C(=O)OC(C)C. The Bertz CT molecular complexity index is 1120. The number of fused-ring (bicyclic) bond motifs is 1. The largest absolute Gasteiger partial charge is 0.464 e. The molecule has 0 aromatic carbocycles. The van der Waals surface area contributed by atoms with Crippen LogP contribution < -0.4 is 15.9 Å². The van der Waals surface area contributed by atoms with Crippen molar-refractivity contribution in [2.75, 3.05) is 18.7 Å². The van der Waals surface area contributed by atoms with Gasteiger partial charge in [-0.2, -0.15) is 0 Å². The molecule has 2 aromatic rings. The summed E-state index contributed by atoms with van der Waals surface area (Å²) in [5, 5.41) is 5.67. The Labute approximate surface area is 217 Å². The zero-order chi connectivity index (χ0) is 28.0. The van der Waals surface area contributed by atoms with E-state index in [4.69, 9.17) is 19.9 Å². The standard InChI is InChI=1S/C23H40N7O6P/c1-14(2)10-34-21(31)17(6)28-37(33,29-23(7,8)22(32)36-15(3)4)13-35-16(5)9-30-12-27-18-19(24)25-11-26-20(18)30/h11-12,14-17H,9-10,13H2,1-8H3,(H2,24,25,26)(H2,28,29,33)/t16-,17-,37?/m1/s1. The van der Waals surface area contributed by atoms with Gasteiger partial charge >= 0.3 is 11.9 Å². The van der Waals surface area contributed by atoms with Crippen LogP contribution in [0.25, 0.3) is 11.2 Å². The molecule has 0 fully saturated rings. The van der Waals surface area contributed by atoms with Gasteiger partial charge in [-0.05, 0) is 47.5 Å². The highest BCUT2D eigenvalue weighted by Crippen LogP contribution is 2.40. The Morgan fingerprint density at radius 2 is 1.81 bits per heavy atom. The van der Waals surface area contributed by atoms with E-state index in [1.807, 2.05) is 13.8 Å². The number of carbonyl (C=O) groups excluding carboxylic acids is 2. The summed E-state index contributed by atoms with van der Waals surface area (Å²) in [6.07, 6.45) is 1.80. The molecule has 0 saturated heterocycles. The number of hydrogen-bond acceptors (Lipinski definition) is 10. The number of nitrogens with zero attached hydrogens (tertiary/aromatic N) is 4. The summed E-state index contributed by atoms with van der Waals surface area (Å²) in [7, 11) is -3.69. The second-order valence-corrected chi connectivity index (χ2v) is 12.5. The number of nitrogens with two attached hydrogens (primary N) is 1. The number of imidazole rings is 1. The first-order chi connectivity index (χ1) is 17.1. The van der Waals surface area contributed by atoms with Gasteiger partial charge in [-0.25, -0.2) is 25.1 Å². The van der Waals surface area contributed by atoms with Crippen molar-refractivity contribution in [2.45, 2.75) is 85.7 Å². The number of aromatic nitrogens is 4. The smallest absolute Gasteiger partial charge is 0.326 e. The average molecular weight is 542 g/mol. The van der Waals surface area contributed by atoms with Gasteiger partial charge in [0, 0.05) is 0 Å². The highest BCUT2D eigenvalue weighted by atomic mass is 31.2. The summed E-state index contributed by atoms with van der Waals surface area (Å²) in [4.78, 5) is 37.5. The molecule has 0 spiro atoms. The van der Waals surface area contributed by atoms with Crippen LogP contribution in [0.4, 0.5) is 5.82 Å². The number of ether oxygens (including phenoxy) is 3. The Hall–Kier alpha value is -2.60. The third-order valence-corrected chi connectivity index (χ3v) is 7.29. The summed E-state index contributed by atoms with van der Waals surface area (Å²) < 4.78 is 32.3. The highest BCUT2D eigenvalue weighted by molar-refractivity contribution is 7.59. The van der Waals surface area contributed by atoms with Crippen LogP contribution in [0.2, 0.25) is 0 Å². The number of nitrogens with one attached hydrogen (secondary N) is 2. The zero-order valence-electron chi connectivity index (χ0n) is 22.8. The van der Waals surface area contributed by atoms with Gasteiger partial charge in [-0.15, -0.1) is 0 Å². The van der Waals surface area contributed by atoms with E-state index in [-0.39, 0.29) is 30.8 Å². The molecule has 3 atom stereocenters. The number of nitrogen functional groups attached to an aromatic ring is 1. The third-order valence-electron chi connectivity index (χ3n) is 5.05. The number of carbonyl (C=O) groups is 2. The molecule has 208 valence electrons. The minimum Gasteiger partial charge on any atom is -0.464 e.